The Morgan fingerprint density at radius 2 is 2.03 bits per heavy atom. The van der Waals surface area contributed by atoms with Crippen LogP contribution in [0.2, 0.25) is 0 Å². The van der Waals surface area contributed by atoms with Crippen molar-refractivity contribution in [3.05, 3.63) is 43.5 Å². The van der Waals surface area contributed by atoms with Crippen molar-refractivity contribution in [3.8, 4) is 5.75 Å². The van der Waals surface area contributed by atoms with Crippen LogP contribution >= 0.6 is 0 Å². The topological polar surface area (TPSA) is 89.4 Å². The summed E-state index contributed by atoms with van der Waals surface area (Å²) in [6, 6.07) is 4.91. The van der Waals surface area contributed by atoms with E-state index < -0.39 is 0 Å². The van der Waals surface area contributed by atoms with E-state index in [1.807, 2.05) is 30.2 Å². The molecule has 0 spiro atoms. The largest absolute Gasteiger partial charge is 2.00 e. The number of rotatable bonds is 6. The normalized spacial score (nSPS) is 21.7. The first kappa shape index (κ1) is 27.6. The molecule has 0 saturated heterocycles. The van der Waals surface area contributed by atoms with Crippen LogP contribution < -0.4 is 20.4 Å². The minimum absolute atomic E-state index is 0. The summed E-state index contributed by atoms with van der Waals surface area (Å²) < 4.78 is 5.53. The maximum Gasteiger partial charge on any atom is 2.00 e. The summed E-state index contributed by atoms with van der Waals surface area (Å²) in [5.74, 6) is 0.945. The molecule has 2 aliphatic heterocycles. The van der Waals surface area contributed by atoms with Gasteiger partial charge in [-0.15, -0.1) is 0 Å². The number of carbonyl (C=O) groups is 2. The number of benzene rings is 1. The zero-order chi connectivity index (χ0) is 23.4. The smallest absolute Gasteiger partial charge is 0.665 e. The average Bonchev–Trinajstić information content (AvgIpc) is 3.48. The number of fused-ring (bicyclic) bond motifs is 1. The third-order valence-corrected chi connectivity index (χ3v) is 6.08. The third-order valence-electron chi connectivity index (χ3n) is 6.08. The fourth-order valence-electron chi connectivity index (χ4n) is 4.19. The second-order valence-electron chi connectivity index (χ2n) is 9.03. The van der Waals surface area contributed by atoms with Crippen molar-refractivity contribution in [2.45, 2.75) is 71.4 Å². The molecule has 3 N–H and O–H groups in total. The zero-order valence-corrected chi connectivity index (χ0v) is 24.1. The first-order valence-electron chi connectivity index (χ1n) is 11.3. The Labute approximate surface area is 221 Å². The van der Waals surface area contributed by atoms with Gasteiger partial charge in [0.2, 0.25) is 11.8 Å². The van der Waals surface area contributed by atoms with Gasteiger partial charge in [0.05, 0.1) is 23.2 Å². The molecular formula is C25H35N4O3U+. The Balaban J connectivity index is 0.000000372. The van der Waals surface area contributed by atoms with Crippen molar-refractivity contribution in [3.63, 3.8) is 0 Å². The first-order valence-corrected chi connectivity index (χ1v) is 11.3. The Hall–Kier alpha value is -1.62. The van der Waals surface area contributed by atoms with Crippen LogP contribution in [0.5, 0.6) is 5.75 Å². The quantitative estimate of drug-likeness (QED) is 0.455. The number of hydrogen-bond donors (Lipinski definition) is 2. The van der Waals surface area contributed by atoms with Crippen molar-refractivity contribution < 1.29 is 50.4 Å². The van der Waals surface area contributed by atoms with E-state index in [1.165, 1.54) is 17.9 Å². The van der Waals surface area contributed by atoms with Gasteiger partial charge in [0.1, 0.15) is 12.2 Å². The van der Waals surface area contributed by atoms with Crippen molar-refractivity contribution in [2.75, 3.05) is 4.90 Å². The molecule has 3 atom stereocenters. The molecule has 1 aromatic carbocycles. The van der Waals surface area contributed by atoms with E-state index in [0.717, 1.165) is 47.4 Å². The molecule has 1 saturated carbocycles. The molecule has 3 unspecified atom stereocenters. The van der Waals surface area contributed by atoms with E-state index in [4.69, 9.17) is 10.5 Å². The number of nitrogens with one attached hydrogen (secondary N) is 1. The number of quaternary nitrogens is 1. The van der Waals surface area contributed by atoms with Gasteiger partial charge in [-0.1, -0.05) is 18.4 Å². The molecule has 0 bridgehead atoms. The van der Waals surface area contributed by atoms with Gasteiger partial charge in [0.25, 0.3) is 0 Å². The van der Waals surface area contributed by atoms with Crippen LogP contribution in [0.3, 0.4) is 0 Å². The van der Waals surface area contributed by atoms with Crippen LogP contribution in [-0.4, -0.2) is 30.1 Å². The Morgan fingerprint density at radius 1 is 1.33 bits per heavy atom. The van der Waals surface area contributed by atoms with Gasteiger partial charge in [0, 0.05) is 43.4 Å². The number of nitrogens with zero attached hydrogens (tertiary/aromatic N) is 2. The molecule has 1 aromatic rings. The van der Waals surface area contributed by atoms with Crippen LogP contribution in [0.4, 0.5) is 5.69 Å². The van der Waals surface area contributed by atoms with Gasteiger partial charge in [-0.2, -0.15) is 18.0 Å². The summed E-state index contributed by atoms with van der Waals surface area (Å²) in [7, 11) is 3.67. The van der Waals surface area contributed by atoms with Crippen LogP contribution in [0.1, 0.15) is 64.0 Å². The van der Waals surface area contributed by atoms with E-state index in [0.29, 0.717) is 18.4 Å². The van der Waals surface area contributed by atoms with Crippen molar-refractivity contribution >= 4 is 29.3 Å². The molecule has 176 valence electrons. The average molecular weight is 678 g/mol. The van der Waals surface area contributed by atoms with E-state index in [1.54, 1.807) is 6.92 Å². The van der Waals surface area contributed by atoms with Gasteiger partial charge in [-0.3, -0.25) is 9.59 Å². The Bertz CT molecular complexity index is 924. The third kappa shape index (κ3) is 6.94. The molecule has 1 fully saturated rings. The number of anilines is 1. The van der Waals surface area contributed by atoms with Gasteiger partial charge in [-0.05, 0) is 31.9 Å². The fraction of sp³-hybridized carbons (Fsp3) is 0.480. The fourth-order valence-corrected chi connectivity index (χ4v) is 4.19. The summed E-state index contributed by atoms with van der Waals surface area (Å²) in [4.78, 5) is 24.0. The molecule has 3 aliphatic rings. The minimum Gasteiger partial charge on any atom is -0.665 e. The monoisotopic (exact) mass is 677 g/mol. The van der Waals surface area contributed by atoms with Crippen LogP contribution in [0.25, 0.3) is 5.57 Å². The van der Waals surface area contributed by atoms with E-state index in [2.05, 4.69) is 32.3 Å². The molecule has 4 rings (SSSR count). The molecule has 33 heavy (non-hydrogen) atoms. The van der Waals surface area contributed by atoms with E-state index in [-0.39, 0.29) is 49.0 Å². The predicted octanol–water partition coefficient (Wildman–Crippen LogP) is 2.65. The summed E-state index contributed by atoms with van der Waals surface area (Å²) in [6.45, 7) is 9.37. The predicted molar refractivity (Wildman–Crippen MR) is 127 cm³/mol. The number of ether oxygens (including phenoxy) is 1. The van der Waals surface area contributed by atoms with Crippen LogP contribution in [-0.2, 0) is 16.0 Å². The molecule has 8 heteroatoms. The number of amides is 2. The second-order valence-corrected chi connectivity index (χ2v) is 9.03. The minimum atomic E-state index is -0.236. The van der Waals surface area contributed by atoms with Crippen molar-refractivity contribution in [1.82, 2.24) is 0 Å². The molecule has 2 amide bonds. The molecule has 0 radical (unpaired) electrons. The number of hydrogen-bond acceptors (Lipinski definition) is 4. The van der Waals surface area contributed by atoms with Crippen LogP contribution in [0, 0.1) is 51.1 Å². The molecule has 1 aliphatic carbocycles. The number of allylic oxidation sites excluding steroid dienone is 1. The zero-order valence-electron chi connectivity index (χ0n) is 19.9. The maximum atomic E-state index is 12.1. The summed E-state index contributed by atoms with van der Waals surface area (Å²) in [6.07, 6.45) is 9.65. The van der Waals surface area contributed by atoms with Crippen molar-refractivity contribution in [2.24, 2.45) is 16.8 Å². The van der Waals surface area contributed by atoms with E-state index in [9.17, 15) is 9.59 Å². The summed E-state index contributed by atoms with van der Waals surface area (Å²) >= 11 is 0. The van der Waals surface area contributed by atoms with Gasteiger partial charge in [0.15, 0.2) is 0 Å². The number of nitrogens with two attached hydrogens (primary N) is 1. The van der Waals surface area contributed by atoms with Crippen LogP contribution in [0.15, 0.2) is 23.4 Å². The maximum absolute atomic E-state index is 12.1. The number of carbonyl (C=O) groups excluding carboxylic acids is 2. The second kappa shape index (κ2) is 12.2. The van der Waals surface area contributed by atoms with Gasteiger partial charge in [-0.25, -0.2) is 0 Å². The summed E-state index contributed by atoms with van der Waals surface area (Å²) in [5, 5.41) is 5.73. The van der Waals surface area contributed by atoms with Gasteiger partial charge < -0.3 is 22.3 Å². The molecular weight excluding hydrogens is 642 g/mol. The Kier molecular flexibility index (Phi) is 10.2. The Morgan fingerprint density at radius 3 is 2.55 bits per heavy atom. The summed E-state index contributed by atoms with van der Waals surface area (Å²) in [5.41, 5.74) is 8.99. The van der Waals surface area contributed by atoms with Crippen molar-refractivity contribution in [1.29, 1.82) is 0 Å². The van der Waals surface area contributed by atoms with E-state index >= 15 is 0 Å². The SMILES string of the molecule is [CH2-]C(C)CCC(N)=O.[CH2-]Oc1c(C2=C[NH+](C3CC3)N=C2)ccc2c1CCC(C)N2C(C)=O.[U+2]. The number of primary amides is 1. The molecule has 2 heterocycles. The van der Waals surface area contributed by atoms with Gasteiger partial charge >= 0.3 is 31.1 Å². The first-order chi connectivity index (χ1) is 15.2. The molecule has 7 nitrogen and oxygen atoms in total. The molecule has 0 aromatic heterocycles. The standard InChI is InChI=1S/C19H22N3O2.C6H12NO.U/c1-12-4-7-17-18(22(12)13(2)23)9-8-16(19(17)24-3)14-10-20-21(11-14)15-5-6-15;1-5(2)3-4-6(7)8;/h8-12,15H,3-7H2,1-2H3;5H,1,3-4H2,2H3,(H2,7,8);/q2*-1;+2/p+1.